The van der Waals surface area contributed by atoms with Crippen LogP contribution in [0.25, 0.3) is 0 Å². The molecule has 0 bridgehead atoms. The molecule has 2 fully saturated rings. The Labute approximate surface area is 136 Å². The normalized spacial score (nSPS) is 26.0. The largest absolute Gasteiger partial charge is 0.481 e. The summed E-state index contributed by atoms with van der Waals surface area (Å²) in [5.41, 5.74) is -1.02. The Morgan fingerprint density at radius 2 is 1.96 bits per heavy atom. The zero-order valence-corrected chi connectivity index (χ0v) is 13.8. The molecule has 1 atom stereocenters. The van der Waals surface area contributed by atoms with Crippen LogP contribution in [0.15, 0.2) is 0 Å². The van der Waals surface area contributed by atoms with Crippen molar-refractivity contribution < 1.29 is 24.2 Å². The van der Waals surface area contributed by atoms with Gasteiger partial charge in [-0.1, -0.05) is 12.8 Å². The van der Waals surface area contributed by atoms with Crippen molar-refractivity contribution in [3.8, 4) is 0 Å². The van der Waals surface area contributed by atoms with Crippen LogP contribution in [0.1, 0.15) is 38.5 Å². The zero-order chi connectivity index (χ0) is 16.9. The van der Waals surface area contributed by atoms with Crippen molar-refractivity contribution in [1.29, 1.82) is 0 Å². The van der Waals surface area contributed by atoms with Gasteiger partial charge < -0.3 is 19.6 Å². The summed E-state index contributed by atoms with van der Waals surface area (Å²) >= 11 is 0. The number of rotatable bonds is 5. The smallest absolute Gasteiger partial charge is 0.313 e. The zero-order valence-electron chi connectivity index (χ0n) is 13.8. The lowest BCUT2D eigenvalue weighted by atomic mass is 9.88. The highest BCUT2D eigenvalue weighted by Gasteiger charge is 2.46. The van der Waals surface area contributed by atoms with Crippen molar-refractivity contribution in [1.82, 2.24) is 9.80 Å². The third kappa shape index (κ3) is 4.22. The van der Waals surface area contributed by atoms with Crippen LogP contribution in [-0.4, -0.2) is 72.6 Å². The van der Waals surface area contributed by atoms with Gasteiger partial charge >= 0.3 is 5.97 Å². The first kappa shape index (κ1) is 17.7. The minimum atomic E-state index is -1.02. The molecule has 0 aromatic heterocycles. The van der Waals surface area contributed by atoms with Crippen LogP contribution in [0.5, 0.6) is 0 Å². The molecule has 130 valence electrons. The van der Waals surface area contributed by atoms with Gasteiger partial charge in [-0.25, -0.2) is 0 Å². The molecule has 2 amide bonds. The predicted octanol–water partition coefficient (Wildman–Crippen LogP) is 0.729. The molecule has 0 aromatic rings. The lowest BCUT2D eigenvalue weighted by Gasteiger charge is -2.28. The van der Waals surface area contributed by atoms with Crippen LogP contribution in [0, 0.1) is 5.41 Å². The van der Waals surface area contributed by atoms with Gasteiger partial charge in [0.15, 0.2) is 0 Å². The van der Waals surface area contributed by atoms with Crippen molar-refractivity contribution in [3.05, 3.63) is 0 Å². The molecule has 2 heterocycles. The Morgan fingerprint density at radius 1 is 1.22 bits per heavy atom. The van der Waals surface area contributed by atoms with E-state index in [1.165, 1.54) is 7.11 Å². The molecule has 0 radical (unpaired) electrons. The third-order valence-electron chi connectivity index (χ3n) is 4.83. The first-order chi connectivity index (χ1) is 11.0. The van der Waals surface area contributed by atoms with E-state index in [2.05, 4.69) is 0 Å². The highest BCUT2D eigenvalue weighted by molar-refractivity contribution is 5.86. The average molecular weight is 326 g/mol. The fourth-order valence-corrected chi connectivity index (χ4v) is 3.36. The molecule has 2 aliphatic rings. The monoisotopic (exact) mass is 326 g/mol. The quantitative estimate of drug-likeness (QED) is 0.805. The lowest BCUT2D eigenvalue weighted by molar-refractivity contribution is -0.152. The first-order valence-corrected chi connectivity index (χ1v) is 8.26. The standard InChI is InChI=1S/C16H26N2O5/c1-23-12-16(15(21)22)7-9-18(11-16)14(20)10-17-8-5-3-2-4-6-13(17)19/h2-12H2,1H3,(H,21,22). The second kappa shape index (κ2) is 7.77. The molecule has 0 aromatic carbocycles. The summed E-state index contributed by atoms with van der Waals surface area (Å²) in [6.07, 6.45) is 4.83. The number of carboxylic acid groups (broad SMARTS) is 1. The van der Waals surface area contributed by atoms with Crippen LogP contribution >= 0.6 is 0 Å². The predicted molar refractivity (Wildman–Crippen MR) is 82.8 cm³/mol. The van der Waals surface area contributed by atoms with E-state index in [-0.39, 0.29) is 31.5 Å². The summed E-state index contributed by atoms with van der Waals surface area (Å²) in [7, 11) is 1.47. The summed E-state index contributed by atoms with van der Waals surface area (Å²) in [6, 6.07) is 0. The van der Waals surface area contributed by atoms with E-state index in [0.717, 1.165) is 25.7 Å². The fraction of sp³-hybridized carbons (Fsp3) is 0.812. The Hall–Kier alpha value is -1.63. The molecule has 0 saturated carbocycles. The number of hydrogen-bond donors (Lipinski definition) is 1. The molecule has 1 N–H and O–H groups in total. The maximum absolute atomic E-state index is 12.5. The first-order valence-electron chi connectivity index (χ1n) is 8.26. The van der Waals surface area contributed by atoms with Gasteiger partial charge in [0.1, 0.15) is 5.41 Å². The van der Waals surface area contributed by atoms with Crippen LogP contribution in [-0.2, 0) is 19.1 Å². The number of carboxylic acids is 1. The van der Waals surface area contributed by atoms with Crippen molar-refractivity contribution in [2.45, 2.75) is 38.5 Å². The van der Waals surface area contributed by atoms with Gasteiger partial charge in [-0.15, -0.1) is 0 Å². The Kier molecular flexibility index (Phi) is 5.98. The molecule has 1 unspecified atom stereocenters. The minimum Gasteiger partial charge on any atom is -0.481 e. The SMILES string of the molecule is COCC1(C(=O)O)CCN(C(=O)CN2CCCCCCC2=O)C1. The van der Waals surface area contributed by atoms with Gasteiger partial charge in [-0.05, 0) is 19.3 Å². The van der Waals surface area contributed by atoms with Gasteiger partial charge in [0.05, 0.1) is 13.2 Å². The molecule has 23 heavy (non-hydrogen) atoms. The van der Waals surface area contributed by atoms with Crippen molar-refractivity contribution in [2.75, 3.05) is 39.9 Å². The van der Waals surface area contributed by atoms with E-state index in [1.54, 1.807) is 9.80 Å². The Morgan fingerprint density at radius 3 is 2.65 bits per heavy atom. The van der Waals surface area contributed by atoms with Gasteiger partial charge in [0.25, 0.3) is 0 Å². The Bertz CT molecular complexity index is 467. The maximum atomic E-state index is 12.5. The summed E-state index contributed by atoms with van der Waals surface area (Å²) < 4.78 is 5.03. The molecule has 0 aliphatic carbocycles. The van der Waals surface area contributed by atoms with Crippen molar-refractivity contribution in [2.24, 2.45) is 5.41 Å². The van der Waals surface area contributed by atoms with Crippen LogP contribution in [0.2, 0.25) is 0 Å². The molecule has 2 rings (SSSR count). The number of aliphatic carboxylic acids is 1. The molecule has 0 spiro atoms. The van der Waals surface area contributed by atoms with Crippen LogP contribution in [0.3, 0.4) is 0 Å². The number of methoxy groups -OCH3 is 1. The second-order valence-electron chi connectivity index (χ2n) is 6.56. The van der Waals surface area contributed by atoms with E-state index in [0.29, 0.717) is 25.9 Å². The van der Waals surface area contributed by atoms with Gasteiger partial charge in [-0.2, -0.15) is 0 Å². The van der Waals surface area contributed by atoms with Gasteiger partial charge in [0, 0.05) is 33.2 Å². The molecule has 2 saturated heterocycles. The highest BCUT2D eigenvalue weighted by atomic mass is 16.5. The van der Waals surface area contributed by atoms with E-state index in [1.807, 2.05) is 0 Å². The number of ether oxygens (including phenoxy) is 1. The number of nitrogens with zero attached hydrogens (tertiary/aromatic N) is 2. The Balaban J connectivity index is 1.95. The minimum absolute atomic E-state index is 0.0265. The highest BCUT2D eigenvalue weighted by Crippen LogP contribution is 2.31. The molecular formula is C16H26N2O5. The fourth-order valence-electron chi connectivity index (χ4n) is 3.36. The molecule has 2 aliphatic heterocycles. The van der Waals surface area contributed by atoms with E-state index in [9.17, 15) is 19.5 Å². The summed E-state index contributed by atoms with van der Waals surface area (Å²) in [5.74, 6) is -1.08. The van der Waals surface area contributed by atoms with Crippen LogP contribution < -0.4 is 0 Å². The van der Waals surface area contributed by atoms with Crippen LogP contribution in [0.4, 0.5) is 0 Å². The number of amides is 2. The van der Waals surface area contributed by atoms with Gasteiger partial charge in [0.2, 0.25) is 11.8 Å². The molecule has 7 heteroatoms. The number of likely N-dealkylation sites (tertiary alicyclic amines) is 2. The molecule has 7 nitrogen and oxygen atoms in total. The van der Waals surface area contributed by atoms with E-state index in [4.69, 9.17) is 4.74 Å². The molecular weight excluding hydrogens is 300 g/mol. The third-order valence-corrected chi connectivity index (χ3v) is 4.83. The van der Waals surface area contributed by atoms with Crippen molar-refractivity contribution in [3.63, 3.8) is 0 Å². The van der Waals surface area contributed by atoms with E-state index >= 15 is 0 Å². The topological polar surface area (TPSA) is 87.2 Å². The summed E-state index contributed by atoms with van der Waals surface area (Å²) in [6.45, 7) is 1.31. The second-order valence-corrected chi connectivity index (χ2v) is 6.56. The maximum Gasteiger partial charge on any atom is 0.313 e. The lowest BCUT2D eigenvalue weighted by Crippen LogP contribution is -2.45. The number of carbonyl (C=O) groups excluding carboxylic acids is 2. The number of hydrogen-bond acceptors (Lipinski definition) is 4. The average Bonchev–Trinajstić information content (AvgIpc) is 2.93. The number of carbonyl (C=O) groups is 3. The van der Waals surface area contributed by atoms with Gasteiger partial charge in [-0.3, -0.25) is 14.4 Å². The summed E-state index contributed by atoms with van der Waals surface area (Å²) in [4.78, 5) is 39.3. The van der Waals surface area contributed by atoms with E-state index < -0.39 is 11.4 Å². The summed E-state index contributed by atoms with van der Waals surface area (Å²) in [5, 5.41) is 9.44. The van der Waals surface area contributed by atoms with Crippen molar-refractivity contribution >= 4 is 17.8 Å².